The molecular formula is C14H22N2O3S. The molecular weight excluding hydrogens is 276 g/mol. The van der Waals surface area contributed by atoms with E-state index < -0.39 is 10.0 Å². The van der Waals surface area contributed by atoms with Gasteiger partial charge in [0, 0.05) is 25.7 Å². The standard InChI is InChI=1S/C14H22N2O3S/c1-3-15-7-8-16(10-12(15)2)20(18,19)14-6-4-5-13(9-14)11-17/h4-6,9,12,17H,3,7-8,10-11H2,1-2H3. The molecule has 0 spiro atoms. The van der Waals surface area contributed by atoms with Crippen LogP contribution in [0.25, 0.3) is 0 Å². The molecule has 1 fully saturated rings. The average Bonchev–Trinajstić information content (AvgIpc) is 2.47. The Balaban J connectivity index is 2.22. The maximum atomic E-state index is 12.6. The van der Waals surface area contributed by atoms with Crippen LogP contribution in [0.3, 0.4) is 0 Å². The molecule has 6 heteroatoms. The number of aliphatic hydroxyl groups is 1. The highest BCUT2D eigenvalue weighted by atomic mass is 32.2. The molecule has 1 aromatic rings. The topological polar surface area (TPSA) is 60.9 Å². The molecule has 1 aromatic carbocycles. The summed E-state index contributed by atoms with van der Waals surface area (Å²) in [5.74, 6) is 0. The van der Waals surface area contributed by atoms with Gasteiger partial charge >= 0.3 is 0 Å². The molecule has 0 saturated carbocycles. The van der Waals surface area contributed by atoms with Crippen LogP contribution in [0.15, 0.2) is 29.2 Å². The minimum absolute atomic E-state index is 0.149. The lowest BCUT2D eigenvalue weighted by Gasteiger charge is -2.38. The molecule has 2 rings (SSSR count). The number of aliphatic hydroxyl groups excluding tert-OH is 1. The van der Waals surface area contributed by atoms with E-state index in [1.807, 2.05) is 0 Å². The van der Waals surface area contributed by atoms with Gasteiger partial charge in [-0.2, -0.15) is 4.31 Å². The zero-order chi connectivity index (χ0) is 14.8. The minimum atomic E-state index is -3.46. The van der Waals surface area contributed by atoms with Crippen molar-refractivity contribution in [2.75, 3.05) is 26.2 Å². The van der Waals surface area contributed by atoms with E-state index in [1.165, 1.54) is 0 Å². The van der Waals surface area contributed by atoms with Gasteiger partial charge in [-0.1, -0.05) is 19.1 Å². The summed E-state index contributed by atoms with van der Waals surface area (Å²) in [6, 6.07) is 6.75. The maximum Gasteiger partial charge on any atom is 0.243 e. The minimum Gasteiger partial charge on any atom is -0.392 e. The van der Waals surface area contributed by atoms with Crippen molar-refractivity contribution in [3.05, 3.63) is 29.8 Å². The largest absolute Gasteiger partial charge is 0.392 e. The molecule has 112 valence electrons. The van der Waals surface area contributed by atoms with Gasteiger partial charge in [-0.15, -0.1) is 0 Å². The fourth-order valence-corrected chi connectivity index (χ4v) is 4.19. The first kappa shape index (κ1) is 15.4. The first-order valence-electron chi connectivity index (χ1n) is 6.93. The molecule has 1 atom stereocenters. The highest BCUT2D eigenvalue weighted by molar-refractivity contribution is 7.89. The summed E-state index contributed by atoms with van der Waals surface area (Å²) in [4.78, 5) is 2.54. The summed E-state index contributed by atoms with van der Waals surface area (Å²) in [6.45, 7) is 6.72. The Bertz CT molecular complexity index is 559. The second-order valence-electron chi connectivity index (χ2n) is 5.15. The molecule has 1 unspecified atom stereocenters. The summed E-state index contributed by atoms with van der Waals surface area (Å²) in [7, 11) is -3.46. The zero-order valence-corrected chi connectivity index (χ0v) is 12.8. The van der Waals surface area contributed by atoms with E-state index >= 15 is 0 Å². The number of piperazine rings is 1. The summed E-state index contributed by atoms with van der Waals surface area (Å²) in [5, 5.41) is 9.13. The van der Waals surface area contributed by atoms with Crippen LogP contribution in [0.5, 0.6) is 0 Å². The molecule has 1 N–H and O–H groups in total. The van der Waals surface area contributed by atoms with E-state index in [0.29, 0.717) is 18.7 Å². The van der Waals surface area contributed by atoms with Crippen molar-refractivity contribution in [2.24, 2.45) is 0 Å². The molecule has 1 heterocycles. The van der Waals surface area contributed by atoms with Gasteiger partial charge in [-0.05, 0) is 31.2 Å². The average molecular weight is 298 g/mol. The highest BCUT2D eigenvalue weighted by Crippen LogP contribution is 2.20. The van der Waals surface area contributed by atoms with Crippen LogP contribution in [0.4, 0.5) is 0 Å². The second kappa shape index (κ2) is 6.22. The van der Waals surface area contributed by atoms with Gasteiger partial charge in [0.25, 0.3) is 0 Å². The lowest BCUT2D eigenvalue weighted by Crippen LogP contribution is -2.53. The van der Waals surface area contributed by atoms with Crippen molar-refractivity contribution in [1.82, 2.24) is 9.21 Å². The Morgan fingerprint density at radius 3 is 2.70 bits per heavy atom. The SMILES string of the molecule is CCN1CCN(S(=O)(=O)c2cccc(CO)c2)CC1C. The van der Waals surface area contributed by atoms with Gasteiger partial charge < -0.3 is 5.11 Å². The zero-order valence-electron chi connectivity index (χ0n) is 12.0. The van der Waals surface area contributed by atoms with Gasteiger partial charge in [-0.3, -0.25) is 4.90 Å². The Hall–Kier alpha value is -0.950. The summed E-state index contributed by atoms with van der Waals surface area (Å²) < 4.78 is 26.8. The van der Waals surface area contributed by atoms with Gasteiger partial charge in [0.15, 0.2) is 0 Å². The fourth-order valence-electron chi connectivity index (χ4n) is 2.60. The van der Waals surface area contributed by atoms with Gasteiger partial charge in [0.05, 0.1) is 11.5 Å². The quantitative estimate of drug-likeness (QED) is 0.897. The van der Waals surface area contributed by atoms with Crippen LogP contribution in [-0.2, 0) is 16.6 Å². The van der Waals surface area contributed by atoms with Gasteiger partial charge in [0.2, 0.25) is 10.0 Å². The van der Waals surface area contributed by atoms with Crippen LogP contribution in [0, 0.1) is 0 Å². The maximum absolute atomic E-state index is 12.6. The number of hydrogen-bond acceptors (Lipinski definition) is 4. The molecule has 0 aliphatic carbocycles. The van der Waals surface area contributed by atoms with E-state index in [1.54, 1.807) is 28.6 Å². The molecule has 20 heavy (non-hydrogen) atoms. The third-order valence-corrected chi connectivity index (χ3v) is 5.71. The van der Waals surface area contributed by atoms with Crippen molar-refractivity contribution in [3.63, 3.8) is 0 Å². The summed E-state index contributed by atoms with van der Waals surface area (Å²) in [6.07, 6.45) is 0. The van der Waals surface area contributed by atoms with Crippen LogP contribution in [0.2, 0.25) is 0 Å². The van der Waals surface area contributed by atoms with Crippen LogP contribution < -0.4 is 0 Å². The van der Waals surface area contributed by atoms with E-state index in [9.17, 15) is 8.42 Å². The normalized spacial score (nSPS) is 22.1. The molecule has 5 nitrogen and oxygen atoms in total. The van der Waals surface area contributed by atoms with E-state index in [-0.39, 0.29) is 17.5 Å². The van der Waals surface area contributed by atoms with Crippen molar-refractivity contribution < 1.29 is 13.5 Å². The van der Waals surface area contributed by atoms with Gasteiger partial charge in [0.1, 0.15) is 0 Å². The van der Waals surface area contributed by atoms with Crippen molar-refractivity contribution in [2.45, 2.75) is 31.4 Å². The predicted octanol–water partition coefficient (Wildman–Crippen LogP) is 0.894. The van der Waals surface area contributed by atoms with E-state index in [0.717, 1.165) is 13.1 Å². The molecule has 1 saturated heterocycles. The van der Waals surface area contributed by atoms with Crippen LogP contribution in [0.1, 0.15) is 19.4 Å². The molecule has 0 aromatic heterocycles. The number of benzene rings is 1. The highest BCUT2D eigenvalue weighted by Gasteiger charge is 2.31. The van der Waals surface area contributed by atoms with Crippen LogP contribution >= 0.6 is 0 Å². The monoisotopic (exact) mass is 298 g/mol. The number of nitrogens with zero attached hydrogens (tertiary/aromatic N) is 2. The van der Waals surface area contributed by atoms with E-state index in [4.69, 9.17) is 5.11 Å². The summed E-state index contributed by atoms with van der Waals surface area (Å²) in [5.41, 5.74) is 0.617. The first-order valence-corrected chi connectivity index (χ1v) is 8.37. The smallest absolute Gasteiger partial charge is 0.243 e. The molecule has 0 bridgehead atoms. The summed E-state index contributed by atoms with van der Waals surface area (Å²) >= 11 is 0. The fraction of sp³-hybridized carbons (Fsp3) is 0.571. The second-order valence-corrected chi connectivity index (χ2v) is 7.08. The van der Waals surface area contributed by atoms with Crippen molar-refractivity contribution in [1.29, 1.82) is 0 Å². The molecule has 0 radical (unpaired) electrons. The van der Waals surface area contributed by atoms with Crippen molar-refractivity contribution >= 4 is 10.0 Å². The molecule has 0 amide bonds. The lowest BCUT2D eigenvalue weighted by molar-refractivity contribution is 0.135. The molecule has 1 aliphatic heterocycles. The van der Waals surface area contributed by atoms with Crippen molar-refractivity contribution in [3.8, 4) is 0 Å². The number of hydrogen-bond donors (Lipinski definition) is 1. The lowest BCUT2D eigenvalue weighted by atomic mass is 10.2. The molecule has 1 aliphatic rings. The Morgan fingerprint density at radius 1 is 1.35 bits per heavy atom. The number of sulfonamides is 1. The Kier molecular flexibility index (Phi) is 4.80. The van der Waals surface area contributed by atoms with Crippen LogP contribution in [-0.4, -0.2) is 55.0 Å². The van der Waals surface area contributed by atoms with E-state index in [2.05, 4.69) is 18.7 Å². The first-order chi connectivity index (χ1) is 9.48. The number of likely N-dealkylation sites (N-methyl/N-ethyl adjacent to an activating group) is 1. The Labute approximate surface area is 120 Å². The Morgan fingerprint density at radius 2 is 2.10 bits per heavy atom. The number of rotatable bonds is 4. The predicted molar refractivity (Wildman–Crippen MR) is 77.8 cm³/mol. The van der Waals surface area contributed by atoms with Gasteiger partial charge in [-0.25, -0.2) is 8.42 Å². The third kappa shape index (κ3) is 3.03. The third-order valence-electron chi connectivity index (χ3n) is 3.85.